The van der Waals surface area contributed by atoms with E-state index in [1.165, 1.54) is 0 Å². The summed E-state index contributed by atoms with van der Waals surface area (Å²) in [5.74, 6) is 1.65. The molecule has 42 heavy (non-hydrogen) atoms. The summed E-state index contributed by atoms with van der Waals surface area (Å²) in [5, 5.41) is 15.2. The normalized spacial score (nSPS) is 13.8. The summed E-state index contributed by atoms with van der Waals surface area (Å²) in [6.45, 7) is 2.73. The van der Waals surface area contributed by atoms with Crippen LogP contribution in [0.2, 0.25) is 5.02 Å². The summed E-state index contributed by atoms with van der Waals surface area (Å²) in [4.78, 5) is 31.7. The molecule has 0 bridgehead atoms. The van der Waals surface area contributed by atoms with Crippen molar-refractivity contribution in [3.63, 3.8) is 0 Å². The van der Waals surface area contributed by atoms with Gasteiger partial charge >= 0.3 is 0 Å². The van der Waals surface area contributed by atoms with Crippen LogP contribution in [0.4, 0.5) is 0 Å². The first kappa shape index (κ1) is 29.3. The van der Waals surface area contributed by atoms with Crippen molar-refractivity contribution in [2.75, 3.05) is 26.5 Å². The first-order chi connectivity index (χ1) is 20.4. The fourth-order valence-corrected chi connectivity index (χ4v) is 5.39. The van der Waals surface area contributed by atoms with Crippen LogP contribution in [0.25, 0.3) is 5.69 Å². The van der Waals surface area contributed by atoms with Gasteiger partial charge in [-0.05, 0) is 68.1 Å². The number of hydrogen-bond donors (Lipinski definition) is 2. The number of aromatic nitrogens is 3. The molecule has 0 saturated heterocycles. The van der Waals surface area contributed by atoms with E-state index in [1.54, 1.807) is 24.9 Å². The molecule has 11 heteroatoms. The Kier molecular flexibility index (Phi) is 9.24. The Labute approximate surface area is 253 Å². The molecular formula is C31H31ClN6O3S. The van der Waals surface area contributed by atoms with Gasteiger partial charge in [-0.3, -0.25) is 19.1 Å². The third-order valence-electron chi connectivity index (χ3n) is 6.92. The molecule has 1 aliphatic heterocycles. The van der Waals surface area contributed by atoms with Crippen LogP contribution in [0, 0.1) is 6.92 Å². The standard InChI is InChI=1S/C31H31ClN6O3S/c1-19-36-37-30-26(18-28(39)33-14-5-15-34-31(40)21-6-4-7-24(16-21)42-3)35-29(20-8-10-22(32)11-9-20)25-17-23(41-2)12-13-27(25)38(19)30/h4,6-13,16-17,26H,5,14-15,18H2,1-3H3,(H,33,39)(H,34,40). The lowest BCUT2D eigenvalue weighted by Gasteiger charge is -2.14. The molecule has 0 aliphatic carbocycles. The molecule has 5 rings (SSSR count). The van der Waals surface area contributed by atoms with Gasteiger partial charge in [-0.1, -0.05) is 29.8 Å². The molecule has 0 radical (unpaired) electrons. The van der Waals surface area contributed by atoms with Crippen molar-refractivity contribution in [2.45, 2.75) is 30.7 Å². The van der Waals surface area contributed by atoms with Crippen LogP contribution in [0.1, 0.15) is 52.0 Å². The zero-order chi connectivity index (χ0) is 29.6. The number of hydrogen-bond acceptors (Lipinski definition) is 7. The van der Waals surface area contributed by atoms with Crippen LogP contribution >= 0.6 is 23.4 Å². The Morgan fingerprint density at radius 2 is 1.81 bits per heavy atom. The van der Waals surface area contributed by atoms with Crippen LogP contribution in [0.3, 0.4) is 0 Å². The molecule has 1 aliphatic rings. The molecule has 4 aromatic rings. The molecule has 216 valence electrons. The molecule has 9 nitrogen and oxygen atoms in total. The van der Waals surface area contributed by atoms with Crippen molar-refractivity contribution in [2.24, 2.45) is 4.99 Å². The Morgan fingerprint density at radius 3 is 2.57 bits per heavy atom. The number of nitrogens with one attached hydrogen (secondary N) is 2. The number of carbonyl (C=O) groups is 2. The second kappa shape index (κ2) is 13.2. The fourth-order valence-electron chi connectivity index (χ4n) is 4.81. The summed E-state index contributed by atoms with van der Waals surface area (Å²) < 4.78 is 7.47. The van der Waals surface area contributed by atoms with Crippen LogP contribution in [0.5, 0.6) is 5.75 Å². The highest BCUT2D eigenvalue weighted by Gasteiger charge is 2.30. The van der Waals surface area contributed by atoms with Gasteiger partial charge in [-0.2, -0.15) is 0 Å². The smallest absolute Gasteiger partial charge is 0.251 e. The Balaban J connectivity index is 1.31. The summed E-state index contributed by atoms with van der Waals surface area (Å²) in [5.41, 5.74) is 3.86. The Bertz CT molecular complexity index is 1640. The minimum Gasteiger partial charge on any atom is -0.497 e. The number of fused-ring (bicyclic) bond motifs is 3. The fraction of sp³-hybridized carbons (Fsp3) is 0.258. The summed E-state index contributed by atoms with van der Waals surface area (Å²) in [6, 6.07) is 20.1. The summed E-state index contributed by atoms with van der Waals surface area (Å²) in [7, 11) is 1.62. The molecule has 1 aromatic heterocycles. The van der Waals surface area contributed by atoms with Crippen molar-refractivity contribution >= 4 is 40.9 Å². The number of halogens is 1. The number of aryl methyl sites for hydroxylation is 1. The molecule has 1 atom stereocenters. The van der Waals surface area contributed by atoms with E-state index in [4.69, 9.17) is 21.3 Å². The quantitative estimate of drug-likeness (QED) is 0.191. The number of rotatable bonds is 10. The van der Waals surface area contributed by atoms with Gasteiger partial charge in [0.25, 0.3) is 5.91 Å². The largest absolute Gasteiger partial charge is 0.497 e. The van der Waals surface area contributed by atoms with Gasteiger partial charge in [0.2, 0.25) is 5.91 Å². The lowest BCUT2D eigenvalue weighted by molar-refractivity contribution is -0.121. The number of thioether (sulfide) groups is 1. The second-order valence-corrected chi connectivity index (χ2v) is 11.0. The summed E-state index contributed by atoms with van der Waals surface area (Å²) in [6.07, 6.45) is 2.64. The number of benzene rings is 3. The topological polar surface area (TPSA) is 110 Å². The maximum atomic E-state index is 13.1. The van der Waals surface area contributed by atoms with Crippen molar-refractivity contribution in [3.8, 4) is 11.4 Å². The highest BCUT2D eigenvalue weighted by molar-refractivity contribution is 7.98. The third-order valence-corrected chi connectivity index (χ3v) is 7.90. The molecule has 1 unspecified atom stereocenters. The second-order valence-electron chi connectivity index (χ2n) is 9.72. The molecule has 2 amide bonds. The number of nitrogens with zero attached hydrogens (tertiary/aromatic N) is 4. The van der Waals surface area contributed by atoms with Gasteiger partial charge in [0.1, 0.15) is 17.6 Å². The van der Waals surface area contributed by atoms with Gasteiger partial charge in [-0.25, -0.2) is 0 Å². The third kappa shape index (κ3) is 6.50. The average Bonchev–Trinajstić information content (AvgIpc) is 3.33. The highest BCUT2D eigenvalue weighted by Crippen LogP contribution is 2.34. The van der Waals surface area contributed by atoms with Gasteiger partial charge in [0.15, 0.2) is 5.82 Å². The molecule has 2 heterocycles. The number of ether oxygens (including phenoxy) is 1. The van der Waals surface area contributed by atoms with E-state index >= 15 is 0 Å². The summed E-state index contributed by atoms with van der Waals surface area (Å²) >= 11 is 7.77. The minimum atomic E-state index is -0.585. The molecule has 0 saturated carbocycles. The molecule has 0 fully saturated rings. The van der Waals surface area contributed by atoms with Gasteiger partial charge in [0, 0.05) is 39.7 Å². The molecular weight excluding hydrogens is 572 g/mol. The average molecular weight is 603 g/mol. The van der Waals surface area contributed by atoms with E-state index in [0.29, 0.717) is 53.2 Å². The van der Waals surface area contributed by atoms with E-state index in [2.05, 4.69) is 20.8 Å². The van der Waals surface area contributed by atoms with E-state index in [1.807, 2.05) is 78.4 Å². The van der Waals surface area contributed by atoms with E-state index in [9.17, 15) is 9.59 Å². The van der Waals surface area contributed by atoms with E-state index in [-0.39, 0.29) is 18.2 Å². The zero-order valence-corrected chi connectivity index (χ0v) is 25.1. The van der Waals surface area contributed by atoms with Gasteiger partial charge in [-0.15, -0.1) is 22.0 Å². The maximum Gasteiger partial charge on any atom is 0.251 e. The number of aliphatic imine (C=N–C) groups is 1. The van der Waals surface area contributed by atoms with E-state index in [0.717, 1.165) is 21.7 Å². The Hall–Kier alpha value is -4.15. The zero-order valence-electron chi connectivity index (χ0n) is 23.6. The van der Waals surface area contributed by atoms with Crippen LogP contribution in [-0.2, 0) is 4.79 Å². The van der Waals surface area contributed by atoms with Crippen LogP contribution in [0.15, 0.2) is 76.6 Å². The number of amides is 2. The van der Waals surface area contributed by atoms with Crippen LogP contribution < -0.4 is 15.4 Å². The van der Waals surface area contributed by atoms with Crippen molar-refractivity contribution in [1.82, 2.24) is 25.4 Å². The monoisotopic (exact) mass is 602 g/mol. The molecule has 0 spiro atoms. The van der Waals surface area contributed by atoms with Crippen molar-refractivity contribution in [1.29, 1.82) is 0 Å². The molecule has 2 N–H and O–H groups in total. The minimum absolute atomic E-state index is 0.0776. The lowest BCUT2D eigenvalue weighted by Crippen LogP contribution is -2.30. The lowest BCUT2D eigenvalue weighted by atomic mass is 10.00. The predicted molar refractivity (Wildman–Crippen MR) is 165 cm³/mol. The Morgan fingerprint density at radius 1 is 1.02 bits per heavy atom. The van der Waals surface area contributed by atoms with E-state index < -0.39 is 6.04 Å². The predicted octanol–water partition coefficient (Wildman–Crippen LogP) is 5.18. The maximum absolute atomic E-state index is 13.1. The first-order valence-electron chi connectivity index (χ1n) is 13.5. The highest BCUT2D eigenvalue weighted by atomic mass is 35.5. The number of carbonyl (C=O) groups excluding carboxylic acids is 2. The van der Waals surface area contributed by atoms with Gasteiger partial charge in [0.05, 0.1) is 24.9 Å². The molecule has 3 aromatic carbocycles. The van der Waals surface area contributed by atoms with Crippen molar-refractivity contribution < 1.29 is 14.3 Å². The van der Waals surface area contributed by atoms with Crippen molar-refractivity contribution in [3.05, 3.63) is 100 Å². The van der Waals surface area contributed by atoms with Crippen LogP contribution in [-0.4, -0.2) is 58.7 Å². The SMILES string of the molecule is COc1ccc2c(c1)C(c1ccc(Cl)cc1)=NC(CC(=O)NCCCNC(=O)c1cccc(SC)c1)c1nnc(C)n1-2. The van der Waals surface area contributed by atoms with Gasteiger partial charge < -0.3 is 15.4 Å². The first-order valence-corrected chi connectivity index (χ1v) is 15.1. The number of methoxy groups -OCH3 is 1.